The normalized spacial score (nSPS) is 12.2. The van der Waals surface area contributed by atoms with Crippen molar-refractivity contribution in [1.29, 1.82) is 5.26 Å². The lowest BCUT2D eigenvalue weighted by Crippen LogP contribution is -2.33. The number of aromatic nitrogens is 2. The van der Waals surface area contributed by atoms with E-state index < -0.39 is 25.4 Å². The van der Waals surface area contributed by atoms with E-state index in [1.165, 1.54) is 16.8 Å². The third kappa shape index (κ3) is 9.52. The monoisotopic (exact) mass is 750 g/mol. The zero-order chi connectivity index (χ0) is 38.7. The van der Waals surface area contributed by atoms with Gasteiger partial charge in [0.2, 0.25) is 0 Å². The molecule has 54 heavy (non-hydrogen) atoms. The second kappa shape index (κ2) is 18.8. The van der Waals surface area contributed by atoms with Crippen LogP contribution in [0.3, 0.4) is 0 Å². The zero-order valence-electron chi connectivity index (χ0n) is 31.5. The lowest BCUT2D eigenvalue weighted by molar-refractivity contribution is 0.000143. The van der Waals surface area contributed by atoms with Gasteiger partial charge in [-0.15, -0.1) is 0 Å². The van der Waals surface area contributed by atoms with E-state index in [0.717, 1.165) is 27.8 Å². The minimum absolute atomic E-state index is 0.115. The molecule has 1 unspecified atom stereocenters. The predicted octanol–water partition coefficient (Wildman–Crippen LogP) is 7.84. The molecule has 0 saturated heterocycles. The molecule has 282 valence electrons. The van der Waals surface area contributed by atoms with E-state index >= 15 is 0 Å². The van der Waals surface area contributed by atoms with Crippen molar-refractivity contribution in [2.45, 2.75) is 65.0 Å². The second-order valence-electron chi connectivity index (χ2n) is 13.1. The first-order valence-electron chi connectivity index (χ1n) is 17.7. The minimum atomic E-state index is -1.53. The van der Waals surface area contributed by atoms with Gasteiger partial charge in [0.05, 0.1) is 52.2 Å². The van der Waals surface area contributed by atoms with Gasteiger partial charge in [-0.05, 0) is 91.9 Å². The molecule has 1 N–H and O–H groups in total. The first kappa shape index (κ1) is 40.1. The Hall–Kier alpha value is -5.08. The van der Waals surface area contributed by atoms with Crippen molar-refractivity contribution in [3.05, 3.63) is 158 Å². The van der Waals surface area contributed by atoms with Crippen molar-refractivity contribution in [1.82, 2.24) is 14.2 Å². The maximum Gasteiger partial charge on any atom is 0.332 e. The van der Waals surface area contributed by atoms with Crippen LogP contribution in [0.2, 0.25) is 0 Å². The van der Waals surface area contributed by atoms with Crippen LogP contribution in [0.1, 0.15) is 61.9 Å². The van der Waals surface area contributed by atoms with Gasteiger partial charge in [-0.2, -0.15) is 5.26 Å². The maximum absolute atomic E-state index is 13.1. The van der Waals surface area contributed by atoms with Crippen LogP contribution in [0.15, 0.2) is 119 Å². The molecule has 1 atom stereocenters. The summed E-state index contributed by atoms with van der Waals surface area (Å²) in [5, 5.41) is 9.18. The first-order chi connectivity index (χ1) is 26.1. The number of methoxy groups -OCH3 is 2. The Bertz CT molecular complexity index is 2060. The number of H-pyrrole nitrogens is 1. The van der Waals surface area contributed by atoms with Crippen LogP contribution < -0.4 is 20.7 Å². The fraction of sp³-hybridized carbons (Fsp3) is 0.310. The predicted molar refractivity (Wildman–Crippen MR) is 210 cm³/mol. The number of aromatic amines is 1. The van der Waals surface area contributed by atoms with E-state index in [9.17, 15) is 14.9 Å². The summed E-state index contributed by atoms with van der Waals surface area (Å²) >= 11 is 0. The Morgan fingerprint density at radius 1 is 0.759 bits per heavy atom. The van der Waals surface area contributed by atoms with Crippen molar-refractivity contribution in [3.63, 3.8) is 0 Å². The van der Waals surface area contributed by atoms with E-state index in [1.54, 1.807) is 14.2 Å². The van der Waals surface area contributed by atoms with Gasteiger partial charge in [0.1, 0.15) is 17.1 Å². The van der Waals surface area contributed by atoms with E-state index in [2.05, 4.69) is 43.4 Å². The molecule has 12 heteroatoms. The summed E-state index contributed by atoms with van der Waals surface area (Å²) < 4.78 is 34.4. The molecule has 5 aromatic rings. The molecule has 1 heterocycles. The first-order valence-corrected chi connectivity index (χ1v) is 18.9. The van der Waals surface area contributed by atoms with Crippen molar-refractivity contribution in [2.75, 3.05) is 20.8 Å². The number of hydrogen-bond acceptors (Lipinski definition) is 9. The number of hydrogen-bond donors (Lipinski definition) is 1. The number of nitriles is 1. The third-order valence-electron chi connectivity index (χ3n) is 8.77. The summed E-state index contributed by atoms with van der Waals surface area (Å²) in [6, 6.07) is 35.0. The molecule has 5 rings (SSSR count). The van der Waals surface area contributed by atoms with Crippen LogP contribution in [0, 0.1) is 11.3 Å². The summed E-state index contributed by atoms with van der Waals surface area (Å²) in [6.07, 6.45) is 1.69. The van der Waals surface area contributed by atoms with Gasteiger partial charge in [-0.3, -0.25) is 14.3 Å². The molecular formula is C42H47N4O7P. The lowest BCUT2D eigenvalue weighted by atomic mass is 9.80. The fourth-order valence-corrected chi connectivity index (χ4v) is 7.98. The van der Waals surface area contributed by atoms with E-state index in [1.807, 2.05) is 97.1 Å². The van der Waals surface area contributed by atoms with Crippen LogP contribution in [-0.4, -0.2) is 47.1 Å². The molecule has 0 spiro atoms. The van der Waals surface area contributed by atoms with Gasteiger partial charge in [-0.1, -0.05) is 60.7 Å². The highest BCUT2D eigenvalue weighted by molar-refractivity contribution is 7.44. The van der Waals surface area contributed by atoms with Gasteiger partial charge in [0, 0.05) is 24.3 Å². The van der Waals surface area contributed by atoms with Crippen molar-refractivity contribution in [2.24, 2.45) is 0 Å². The third-order valence-corrected chi connectivity index (χ3v) is 10.8. The van der Waals surface area contributed by atoms with Gasteiger partial charge in [0.25, 0.3) is 14.1 Å². The van der Waals surface area contributed by atoms with Crippen LogP contribution in [0.5, 0.6) is 11.5 Å². The van der Waals surface area contributed by atoms with Crippen LogP contribution in [0.25, 0.3) is 5.69 Å². The van der Waals surface area contributed by atoms with Crippen LogP contribution in [0.4, 0.5) is 0 Å². The minimum Gasteiger partial charge on any atom is -0.497 e. The zero-order valence-corrected chi connectivity index (χ0v) is 32.4. The molecule has 0 aliphatic carbocycles. The topological polar surface area (TPSA) is 128 Å². The Morgan fingerprint density at radius 2 is 1.31 bits per heavy atom. The maximum atomic E-state index is 13.1. The van der Waals surface area contributed by atoms with E-state index in [4.69, 9.17) is 23.3 Å². The van der Waals surface area contributed by atoms with Crippen LogP contribution >= 0.6 is 8.53 Å². The highest BCUT2D eigenvalue weighted by Gasteiger charge is 2.38. The van der Waals surface area contributed by atoms with Gasteiger partial charge < -0.3 is 23.3 Å². The SMILES string of the molecule is COc1ccc(C(OCc2cc(COP(OCCC#N)N(C(C)C)C(C)C)cc(-n3ccc(=O)[nH]c3=O)c2)(c2ccccc2)c2ccc(OC)cc2)cc1. The molecule has 0 aliphatic heterocycles. The Labute approximate surface area is 317 Å². The number of nitrogens with zero attached hydrogens (tertiary/aromatic N) is 3. The average Bonchev–Trinajstić information content (AvgIpc) is 3.17. The second-order valence-corrected chi connectivity index (χ2v) is 14.6. The van der Waals surface area contributed by atoms with Gasteiger partial charge in [0.15, 0.2) is 0 Å². The van der Waals surface area contributed by atoms with Crippen molar-refractivity contribution >= 4 is 8.53 Å². The smallest absolute Gasteiger partial charge is 0.332 e. The standard InChI is InChI=1S/C42H47N4O7P/c1-30(2)46(31(3)4)54(52-24-10-22-43)53-29-33-25-32(26-37(27-33)45-23-21-40(47)44-41(45)48)28-51-42(34-11-8-7-9-12-34,35-13-17-38(49-5)18-14-35)36-15-19-39(50-6)20-16-36/h7-9,11-21,23,25-27,30-31H,10,24,28-29H2,1-6H3,(H,44,47,48). The molecule has 0 radical (unpaired) electrons. The quantitative estimate of drug-likeness (QED) is 0.0541. The van der Waals surface area contributed by atoms with Gasteiger partial charge >= 0.3 is 5.69 Å². The summed E-state index contributed by atoms with van der Waals surface area (Å²) in [7, 11) is 1.73. The molecule has 1 aromatic heterocycles. The summed E-state index contributed by atoms with van der Waals surface area (Å²) in [5.41, 5.74) is 2.54. The molecule has 4 aromatic carbocycles. The van der Waals surface area contributed by atoms with E-state index in [-0.39, 0.29) is 38.3 Å². The lowest BCUT2D eigenvalue weighted by Gasteiger charge is -2.36. The molecule has 11 nitrogen and oxygen atoms in total. The number of ether oxygens (including phenoxy) is 3. The van der Waals surface area contributed by atoms with Crippen molar-refractivity contribution < 1.29 is 23.3 Å². The summed E-state index contributed by atoms with van der Waals surface area (Å²) in [4.78, 5) is 27.4. The molecule has 0 aliphatic rings. The highest BCUT2D eigenvalue weighted by atomic mass is 31.2. The Morgan fingerprint density at radius 3 is 1.83 bits per heavy atom. The average molecular weight is 751 g/mol. The fourth-order valence-electron chi connectivity index (χ4n) is 6.38. The molecule has 0 fully saturated rings. The number of benzene rings is 4. The molecule has 0 bridgehead atoms. The molecule has 0 amide bonds. The Kier molecular flexibility index (Phi) is 14.0. The number of rotatable bonds is 18. The van der Waals surface area contributed by atoms with Crippen molar-refractivity contribution in [3.8, 4) is 23.3 Å². The van der Waals surface area contributed by atoms with Crippen LogP contribution in [-0.2, 0) is 32.6 Å². The Balaban J connectivity index is 1.61. The molecular weight excluding hydrogens is 703 g/mol. The molecule has 0 saturated carbocycles. The summed E-state index contributed by atoms with van der Waals surface area (Å²) in [6.45, 7) is 8.82. The summed E-state index contributed by atoms with van der Waals surface area (Å²) in [5.74, 6) is 1.42. The van der Waals surface area contributed by atoms with Gasteiger partial charge in [-0.25, -0.2) is 9.46 Å². The highest BCUT2D eigenvalue weighted by Crippen LogP contribution is 2.47. The van der Waals surface area contributed by atoms with E-state index in [0.29, 0.717) is 17.2 Å². The number of nitrogens with one attached hydrogen (secondary N) is 1. The largest absolute Gasteiger partial charge is 0.497 e.